The van der Waals surface area contributed by atoms with E-state index in [2.05, 4.69) is 8.74 Å². The van der Waals surface area contributed by atoms with E-state index in [1.54, 1.807) is 6.92 Å². The predicted octanol–water partition coefficient (Wildman–Crippen LogP) is 0.951. The van der Waals surface area contributed by atoms with Gasteiger partial charge < -0.3 is 5.41 Å². The molecule has 0 aromatic rings. The Morgan fingerprint density at radius 1 is 2.00 bits per heavy atom. The van der Waals surface area contributed by atoms with Crippen molar-refractivity contribution in [2.75, 3.05) is 0 Å². The third kappa shape index (κ3) is 3.71. The van der Waals surface area contributed by atoms with Crippen LogP contribution < -0.4 is 3.64 Å². The first-order valence-electron chi connectivity index (χ1n) is 1.71. The lowest BCUT2D eigenvalue weighted by molar-refractivity contribution is 1.17. The van der Waals surface area contributed by atoms with Gasteiger partial charge >= 0.3 is 0 Å². The van der Waals surface area contributed by atoms with Crippen LogP contribution in [0.4, 0.5) is 0 Å². The Balaban J connectivity index is 3.49. The van der Waals surface area contributed by atoms with Gasteiger partial charge in [0.05, 0.1) is 28.6 Å². The highest BCUT2D eigenvalue weighted by Crippen LogP contribution is 1.71. The van der Waals surface area contributed by atoms with Crippen LogP contribution in [0.3, 0.4) is 0 Å². The van der Waals surface area contributed by atoms with Gasteiger partial charge in [-0.25, -0.2) is 3.64 Å². The molecule has 0 saturated carbocycles. The summed E-state index contributed by atoms with van der Waals surface area (Å²) in [5.41, 5.74) is 0.675. The number of rotatable bonds is 2. The van der Waals surface area contributed by atoms with Crippen molar-refractivity contribution in [3.8, 4) is 0 Å². The van der Waals surface area contributed by atoms with Crippen molar-refractivity contribution in [1.29, 1.82) is 5.41 Å². The van der Waals surface area contributed by atoms with Crippen molar-refractivity contribution < 1.29 is 0 Å². The van der Waals surface area contributed by atoms with Crippen LogP contribution in [0, 0.1) is 5.41 Å². The van der Waals surface area contributed by atoms with E-state index < -0.39 is 0 Å². The molecule has 0 aliphatic heterocycles. The molecule has 0 fully saturated rings. The molecule has 0 heterocycles. The Morgan fingerprint density at radius 3 is 2.71 bits per heavy atom. The largest absolute Gasteiger partial charge is 0.307 e. The molecule has 0 aliphatic rings. The van der Waals surface area contributed by atoms with E-state index in [-0.39, 0.29) is 0 Å². The van der Waals surface area contributed by atoms with Gasteiger partial charge in [-0.3, -0.25) is 0 Å². The Labute approximate surface area is 56.2 Å². The first-order chi connectivity index (χ1) is 3.31. The third-order valence-corrected chi connectivity index (χ3v) is 0.669. The summed E-state index contributed by atoms with van der Waals surface area (Å²) in [6, 6.07) is 0. The first-order valence-corrected chi connectivity index (χ1v) is 2.79. The van der Waals surface area contributed by atoms with Crippen LogP contribution in [0.15, 0.2) is 5.10 Å². The third-order valence-electron chi connectivity index (χ3n) is 0.427. The van der Waals surface area contributed by atoms with Gasteiger partial charge in [-0.2, -0.15) is 5.10 Å². The lowest BCUT2D eigenvalue weighted by Gasteiger charge is -1.83. The van der Waals surface area contributed by atoms with Crippen LogP contribution in [0.5, 0.6) is 0 Å². The summed E-state index contributed by atoms with van der Waals surface area (Å²) in [7, 11) is 0. The van der Waals surface area contributed by atoms with Crippen LogP contribution in [-0.4, -0.2) is 11.9 Å². The van der Waals surface area contributed by atoms with Gasteiger partial charge in [0.2, 0.25) is 0 Å². The lowest BCUT2D eigenvalue weighted by atomic mass is 10.5. The summed E-state index contributed by atoms with van der Waals surface area (Å²) in [6.07, 6.45) is 1.19. The maximum atomic E-state index is 6.61. The Kier molecular flexibility index (Phi) is 3.97. The fraction of sp³-hybridized carbons (Fsp3) is 0.333. The van der Waals surface area contributed by atoms with E-state index in [1.807, 2.05) is 22.9 Å². The second-order valence-corrected chi connectivity index (χ2v) is 1.46. The van der Waals surface area contributed by atoms with Crippen LogP contribution in [0.1, 0.15) is 6.92 Å². The zero-order chi connectivity index (χ0) is 5.70. The number of hydrazone groups is 1. The topological polar surface area (TPSA) is 48.2 Å². The Bertz CT molecular complexity index is 88.2. The molecule has 7 heavy (non-hydrogen) atoms. The fourth-order valence-electron chi connectivity index (χ4n) is 0.0989. The average Bonchev–Trinajstić information content (AvgIpc) is 1.68. The first kappa shape index (κ1) is 6.87. The van der Waals surface area contributed by atoms with Crippen LogP contribution >= 0.6 is 22.9 Å². The van der Waals surface area contributed by atoms with Crippen LogP contribution in [-0.2, 0) is 0 Å². The number of nitrogens with one attached hydrogen (secondary N) is 2. The monoisotopic (exact) mass is 211 g/mol. The minimum Gasteiger partial charge on any atom is -0.307 e. The van der Waals surface area contributed by atoms with Crippen molar-refractivity contribution in [2.45, 2.75) is 6.92 Å². The predicted molar refractivity (Wildman–Crippen MR) is 39.0 cm³/mol. The van der Waals surface area contributed by atoms with Crippen molar-refractivity contribution in [2.24, 2.45) is 5.10 Å². The quantitative estimate of drug-likeness (QED) is 0.304. The van der Waals surface area contributed by atoms with Crippen molar-refractivity contribution >= 4 is 34.8 Å². The minimum absolute atomic E-state index is 0.675. The maximum absolute atomic E-state index is 6.61. The molecule has 0 spiro atoms. The molecule has 0 amide bonds. The summed E-state index contributed by atoms with van der Waals surface area (Å²) >= 11 is 1.89. The van der Waals surface area contributed by atoms with Gasteiger partial charge in [-0.15, -0.1) is 0 Å². The summed E-state index contributed by atoms with van der Waals surface area (Å²) < 4.78 is 2.53. The molecule has 3 nitrogen and oxygen atoms in total. The van der Waals surface area contributed by atoms with Crippen LogP contribution in [0.25, 0.3) is 0 Å². The number of halogens is 1. The van der Waals surface area contributed by atoms with Crippen LogP contribution in [0.2, 0.25) is 0 Å². The summed E-state index contributed by atoms with van der Waals surface area (Å²) in [4.78, 5) is 0. The molecule has 0 bridgehead atoms. The van der Waals surface area contributed by atoms with Crippen molar-refractivity contribution in [3.05, 3.63) is 0 Å². The van der Waals surface area contributed by atoms with Gasteiger partial charge in [0.1, 0.15) is 0 Å². The highest BCUT2D eigenvalue weighted by atomic mass is 127. The SMILES string of the molecule is CC(C=N)=NNI. The van der Waals surface area contributed by atoms with E-state index in [4.69, 9.17) is 5.41 Å². The normalized spacial score (nSPS) is 10.9. The molecule has 40 valence electrons. The molecule has 0 aliphatic carbocycles. The van der Waals surface area contributed by atoms with Crippen molar-refractivity contribution in [3.63, 3.8) is 0 Å². The van der Waals surface area contributed by atoms with Gasteiger partial charge in [-0.1, -0.05) is 0 Å². The molecule has 4 heteroatoms. The van der Waals surface area contributed by atoms with Gasteiger partial charge in [0.25, 0.3) is 0 Å². The number of nitrogens with zero attached hydrogens (tertiary/aromatic N) is 1. The van der Waals surface area contributed by atoms with E-state index in [1.165, 1.54) is 6.21 Å². The summed E-state index contributed by atoms with van der Waals surface area (Å²) in [5, 5.41) is 10.3. The van der Waals surface area contributed by atoms with E-state index in [9.17, 15) is 0 Å². The molecule has 0 saturated heterocycles. The molecule has 0 aromatic carbocycles. The highest BCUT2D eigenvalue weighted by molar-refractivity contribution is 14.1. The van der Waals surface area contributed by atoms with Crippen molar-refractivity contribution in [1.82, 2.24) is 3.64 Å². The smallest absolute Gasteiger partial charge is 0.0755 e. The number of hydrogen-bond donors (Lipinski definition) is 2. The van der Waals surface area contributed by atoms with E-state index >= 15 is 0 Å². The molecule has 0 aromatic heterocycles. The second kappa shape index (κ2) is 4.04. The molecule has 0 atom stereocenters. The second-order valence-electron chi connectivity index (χ2n) is 0.982. The molecular weight excluding hydrogens is 205 g/mol. The van der Waals surface area contributed by atoms with Gasteiger partial charge in [-0.05, 0) is 6.92 Å². The Morgan fingerprint density at radius 2 is 2.57 bits per heavy atom. The Hall–Kier alpha value is -0.130. The zero-order valence-electron chi connectivity index (χ0n) is 3.90. The molecule has 0 unspecified atom stereocenters. The number of hydrogen-bond acceptors (Lipinski definition) is 3. The standard InChI is InChI=1S/C3H6IN3/c1-3(2-5)6-7-4/h2,5,7H,1H3. The minimum atomic E-state index is 0.675. The summed E-state index contributed by atoms with van der Waals surface area (Å²) in [6.45, 7) is 1.75. The molecule has 0 radical (unpaired) electrons. The summed E-state index contributed by atoms with van der Waals surface area (Å²) in [5.74, 6) is 0. The maximum Gasteiger partial charge on any atom is 0.0755 e. The van der Waals surface area contributed by atoms with E-state index in [0.717, 1.165) is 0 Å². The fourth-order valence-corrected chi connectivity index (χ4v) is 0.479. The molecular formula is C3H6IN3. The average molecular weight is 211 g/mol. The highest BCUT2D eigenvalue weighted by Gasteiger charge is 1.75. The van der Waals surface area contributed by atoms with Gasteiger partial charge in [0, 0.05) is 6.21 Å². The molecule has 2 N–H and O–H groups in total. The zero-order valence-corrected chi connectivity index (χ0v) is 6.06. The van der Waals surface area contributed by atoms with E-state index in [0.29, 0.717) is 5.71 Å². The van der Waals surface area contributed by atoms with Gasteiger partial charge in [0.15, 0.2) is 0 Å². The molecule has 0 rings (SSSR count). The lowest BCUT2D eigenvalue weighted by Crippen LogP contribution is -1.95.